The molecule has 3 aromatic rings. The number of benzene rings is 2. The molecular weight excluding hydrogens is 402 g/mol. The molecule has 0 N–H and O–H groups in total. The summed E-state index contributed by atoms with van der Waals surface area (Å²) in [6, 6.07) is 12.2. The van der Waals surface area contributed by atoms with E-state index in [1.54, 1.807) is 30.3 Å². The van der Waals surface area contributed by atoms with Crippen LogP contribution in [-0.4, -0.2) is 40.3 Å². The van der Waals surface area contributed by atoms with Gasteiger partial charge in [0.15, 0.2) is 4.80 Å². The fourth-order valence-electron chi connectivity index (χ4n) is 3.36. The minimum Gasteiger partial charge on any atom is -0.494 e. The Morgan fingerprint density at radius 1 is 1.17 bits per heavy atom. The molecule has 152 valence electrons. The van der Waals surface area contributed by atoms with Crippen molar-refractivity contribution in [2.24, 2.45) is 4.99 Å². The number of thiazole rings is 1. The summed E-state index contributed by atoms with van der Waals surface area (Å²) in [6.07, 6.45) is 1.72. The van der Waals surface area contributed by atoms with Crippen molar-refractivity contribution in [1.82, 2.24) is 9.47 Å². The average Bonchev–Trinajstić information content (AvgIpc) is 3.18. The number of carbonyl (C=O) groups is 3. The molecule has 30 heavy (non-hydrogen) atoms. The lowest BCUT2D eigenvalue weighted by Crippen LogP contribution is -2.35. The van der Waals surface area contributed by atoms with Crippen molar-refractivity contribution in [3.05, 3.63) is 71.0 Å². The monoisotopic (exact) mass is 421 g/mol. The highest BCUT2D eigenvalue weighted by molar-refractivity contribution is 7.16. The van der Waals surface area contributed by atoms with E-state index in [9.17, 15) is 14.4 Å². The van der Waals surface area contributed by atoms with Gasteiger partial charge in [0.25, 0.3) is 17.7 Å². The highest BCUT2D eigenvalue weighted by Gasteiger charge is 2.36. The molecule has 7 nitrogen and oxygen atoms in total. The van der Waals surface area contributed by atoms with Gasteiger partial charge in [0.1, 0.15) is 12.3 Å². The molecule has 1 aliphatic rings. The highest BCUT2D eigenvalue weighted by Crippen LogP contribution is 2.24. The number of aromatic nitrogens is 1. The Labute approximate surface area is 176 Å². The molecule has 4 rings (SSSR count). The Bertz CT molecular complexity index is 1220. The number of imide groups is 1. The van der Waals surface area contributed by atoms with Gasteiger partial charge in [-0.15, -0.1) is 6.58 Å². The lowest BCUT2D eigenvalue weighted by Gasteiger charge is -2.10. The molecule has 0 atom stereocenters. The van der Waals surface area contributed by atoms with E-state index >= 15 is 0 Å². The van der Waals surface area contributed by atoms with Crippen molar-refractivity contribution in [2.45, 2.75) is 13.5 Å². The van der Waals surface area contributed by atoms with Crippen LogP contribution >= 0.6 is 11.3 Å². The van der Waals surface area contributed by atoms with Gasteiger partial charge >= 0.3 is 0 Å². The van der Waals surface area contributed by atoms with Crippen molar-refractivity contribution < 1.29 is 19.1 Å². The largest absolute Gasteiger partial charge is 0.494 e. The van der Waals surface area contributed by atoms with Gasteiger partial charge in [-0.25, -0.2) is 0 Å². The minimum atomic E-state index is -0.570. The first-order valence-corrected chi connectivity index (χ1v) is 10.2. The third-order valence-corrected chi connectivity index (χ3v) is 5.71. The summed E-state index contributed by atoms with van der Waals surface area (Å²) in [5.41, 5.74) is 1.51. The van der Waals surface area contributed by atoms with Gasteiger partial charge in [-0.05, 0) is 37.3 Å². The third kappa shape index (κ3) is 3.46. The topological polar surface area (TPSA) is 81.0 Å². The Balaban J connectivity index is 1.66. The SMILES string of the molecule is C=CCn1c(=NC(=O)CN2C(=O)c3ccccc3C2=O)sc2cc(OCC)ccc21. The van der Waals surface area contributed by atoms with Crippen LogP contribution in [0.5, 0.6) is 5.75 Å². The number of hydrogen-bond acceptors (Lipinski definition) is 5. The number of ether oxygens (including phenoxy) is 1. The normalized spacial score (nSPS) is 13.8. The Morgan fingerprint density at radius 3 is 2.50 bits per heavy atom. The molecule has 3 amide bonds. The maximum atomic E-state index is 12.6. The Kier molecular flexibility index (Phi) is 5.33. The number of carbonyl (C=O) groups excluding carboxylic acids is 3. The van der Waals surface area contributed by atoms with Crippen LogP contribution in [-0.2, 0) is 11.3 Å². The maximum absolute atomic E-state index is 12.6. The molecule has 8 heteroatoms. The van der Waals surface area contributed by atoms with Gasteiger partial charge in [0.05, 0.1) is 28.0 Å². The molecule has 0 saturated heterocycles. The number of nitrogens with zero attached hydrogens (tertiary/aromatic N) is 3. The summed E-state index contributed by atoms with van der Waals surface area (Å²) in [4.78, 5) is 43.2. The molecular formula is C22H19N3O4S. The highest BCUT2D eigenvalue weighted by atomic mass is 32.1. The van der Waals surface area contributed by atoms with Gasteiger partial charge in [-0.3, -0.25) is 19.3 Å². The fraction of sp³-hybridized carbons (Fsp3) is 0.182. The number of fused-ring (bicyclic) bond motifs is 2. The zero-order chi connectivity index (χ0) is 21.3. The van der Waals surface area contributed by atoms with E-state index in [0.29, 0.717) is 29.1 Å². The molecule has 2 aromatic carbocycles. The van der Waals surface area contributed by atoms with Crippen LogP contribution in [0.1, 0.15) is 27.6 Å². The molecule has 0 radical (unpaired) electrons. The van der Waals surface area contributed by atoms with E-state index in [1.807, 2.05) is 29.7 Å². The fourth-order valence-corrected chi connectivity index (χ4v) is 4.45. The molecule has 1 aliphatic heterocycles. The lowest BCUT2D eigenvalue weighted by atomic mass is 10.1. The third-order valence-electron chi connectivity index (χ3n) is 4.67. The summed E-state index contributed by atoms with van der Waals surface area (Å²) in [5.74, 6) is -0.786. The van der Waals surface area contributed by atoms with E-state index < -0.39 is 24.3 Å². The first-order valence-electron chi connectivity index (χ1n) is 9.43. The van der Waals surface area contributed by atoms with Gasteiger partial charge < -0.3 is 9.30 Å². The predicted octanol–water partition coefficient (Wildman–Crippen LogP) is 3.01. The van der Waals surface area contributed by atoms with E-state index in [2.05, 4.69) is 11.6 Å². The Morgan fingerprint density at radius 2 is 1.87 bits per heavy atom. The summed E-state index contributed by atoms with van der Waals surface area (Å²) in [6.45, 7) is 6.30. The first-order chi connectivity index (χ1) is 14.5. The van der Waals surface area contributed by atoms with Crippen molar-refractivity contribution in [1.29, 1.82) is 0 Å². The van der Waals surface area contributed by atoms with Crippen LogP contribution in [0.25, 0.3) is 10.2 Å². The summed E-state index contributed by atoms with van der Waals surface area (Å²) in [7, 11) is 0. The summed E-state index contributed by atoms with van der Waals surface area (Å²) >= 11 is 1.34. The van der Waals surface area contributed by atoms with Crippen molar-refractivity contribution in [3.63, 3.8) is 0 Å². The molecule has 0 aliphatic carbocycles. The van der Waals surface area contributed by atoms with Crippen LogP contribution < -0.4 is 9.54 Å². The smallest absolute Gasteiger partial charge is 0.268 e. The maximum Gasteiger partial charge on any atom is 0.268 e. The molecule has 2 heterocycles. The molecule has 0 spiro atoms. The van der Waals surface area contributed by atoms with Gasteiger partial charge in [-0.1, -0.05) is 29.5 Å². The van der Waals surface area contributed by atoms with E-state index in [0.717, 1.165) is 20.9 Å². The van der Waals surface area contributed by atoms with Crippen LogP contribution in [0.15, 0.2) is 60.1 Å². The van der Waals surface area contributed by atoms with Crippen molar-refractivity contribution >= 4 is 39.3 Å². The summed E-state index contributed by atoms with van der Waals surface area (Å²) < 4.78 is 8.32. The first kappa shape index (κ1) is 19.8. The van der Waals surface area contributed by atoms with Gasteiger partial charge in [0.2, 0.25) is 0 Å². The number of rotatable bonds is 6. The minimum absolute atomic E-state index is 0.308. The Hall–Kier alpha value is -3.52. The zero-order valence-electron chi connectivity index (χ0n) is 16.3. The van der Waals surface area contributed by atoms with Crippen LogP contribution in [0, 0.1) is 0 Å². The second-order valence-electron chi connectivity index (χ2n) is 6.59. The van der Waals surface area contributed by atoms with E-state index in [1.165, 1.54) is 11.3 Å². The second-order valence-corrected chi connectivity index (χ2v) is 7.60. The lowest BCUT2D eigenvalue weighted by molar-refractivity contribution is -0.118. The molecule has 0 bridgehead atoms. The van der Waals surface area contributed by atoms with Crippen LogP contribution in [0.2, 0.25) is 0 Å². The standard InChI is InChI=1S/C22H19N3O4S/c1-3-11-24-17-10-9-14(29-4-2)12-18(17)30-22(24)23-19(26)13-25-20(27)15-7-5-6-8-16(15)21(25)28/h3,5-10,12H,1,4,11,13H2,2H3. The molecule has 0 saturated carbocycles. The molecule has 0 unspecified atom stereocenters. The van der Waals surface area contributed by atoms with Gasteiger partial charge in [-0.2, -0.15) is 4.99 Å². The number of allylic oxidation sites excluding steroid dienone is 1. The average molecular weight is 421 g/mol. The van der Waals surface area contributed by atoms with E-state index in [4.69, 9.17) is 4.74 Å². The second kappa shape index (κ2) is 8.08. The quantitative estimate of drug-likeness (QED) is 0.453. The summed E-state index contributed by atoms with van der Waals surface area (Å²) in [5, 5.41) is 0. The van der Waals surface area contributed by atoms with Crippen molar-refractivity contribution in [3.8, 4) is 5.75 Å². The molecule has 0 fully saturated rings. The van der Waals surface area contributed by atoms with Crippen LogP contribution in [0.4, 0.5) is 0 Å². The zero-order valence-corrected chi connectivity index (χ0v) is 17.1. The number of hydrogen-bond donors (Lipinski definition) is 0. The molecule has 1 aromatic heterocycles. The van der Waals surface area contributed by atoms with E-state index in [-0.39, 0.29) is 0 Å². The van der Waals surface area contributed by atoms with Crippen LogP contribution in [0.3, 0.4) is 0 Å². The number of amides is 3. The predicted molar refractivity (Wildman–Crippen MR) is 114 cm³/mol. The van der Waals surface area contributed by atoms with Gasteiger partial charge in [0, 0.05) is 6.54 Å². The van der Waals surface area contributed by atoms with Crippen molar-refractivity contribution in [2.75, 3.05) is 13.2 Å².